The molecule has 0 fully saturated rings. The van der Waals surface area contributed by atoms with Crippen molar-refractivity contribution in [1.29, 1.82) is 0 Å². The highest BCUT2D eigenvalue weighted by molar-refractivity contribution is 5.99. The zero-order chi connectivity index (χ0) is 31.8. The fourth-order valence-corrected chi connectivity index (χ4v) is 5.50. The molecule has 9 heteroatoms. The molecule has 2 aliphatic rings. The highest BCUT2D eigenvalue weighted by Gasteiger charge is 2.32. The van der Waals surface area contributed by atoms with E-state index in [1.807, 2.05) is 79.7 Å². The lowest BCUT2D eigenvalue weighted by Crippen LogP contribution is -3.09. The summed E-state index contributed by atoms with van der Waals surface area (Å²) in [4.78, 5) is 26.0. The molecule has 3 aromatic carbocycles. The van der Waals surface area contributed by atoms with Crippen molar-refractivity contribution in [3.8, 4) is 39.8 Å². The number of nitrogens with zero attached hydrogens (tertiary/aromatic N) is 3. The first-order valence-electron chi connectivity index (χ1n) is 14.6. The van der Waals surface area contributed by atoms with Gasteiger partial charge in [0.15, 0.2) is 0 Å². The third kappa shape index (κ3) is 5.54. The summed E-state index contributed by atoms with van der Waals surface area (Å²) in [7, 11) is 11.3. The quantitative estimate of drug-likeness (QED) is 0.328. The number of methoxy groups -OCH3 is 2. The van der Waals surface area contributed by atoms with E-state index in [0.717, 1.165) is 16.8 Å². The fourth-order valence-electron chi connectivity index (χ4n) is 5.50. The average Bonchev–Trinajstić information content (AvgIpc) is 3.06. The Bertz CT molecular complexity index is 1870. The van der Waals surface area contributed by atoms with Crippen molar-refractivity contribution >= 4 is 17.2 Å². The molecule has 0 amide bonds. The molecule has 228 valence electrons. The predicted octanol–water partition coefficient (Wildman–Crippen LogP) is 3.42. The number of rotatable bonds is 8. The Morgan fingerprint density at radius 3 is 2.00 bits per heavy atom. The lowest BCUT2D eigenvalue weighted by Gasteiger charge is -2.30. The molecule has 45 heavy (non-hydrogen) atoms. The number of aromatic nitrogens is 2. The van der Waals surface area contributed by atoms with Gasteiger partial charge in [-0.05, 0) is 72.8 Å². The summed E-state index contributed by atoms with van der Waals surface area (Å²) >= 11 is 0. The second kappa shape index (κ2) is 11.9. The average molecular weight is 603 g/mol. The van der Waals surface area contributed by atoms with Gasteiger partial charge in [0, 0.05) is 59.8 Å². The number of ether oxygens (including phenoxy) is 3. The van der Waals surface area contributed by atoms with Crippen molar-refractivity contribution in [2.24, 2.45) is 0 Å². The summed E-state index contributed by atoms with van der Waals surface area (Å²) in [6, 6.07) is 20.6. The van der Waals surface area contributed by atoms with Crippen LogP contribution in [0, 0.1) is 0 Å². The van der Waals surface area contributed by atoms with E-state index in [0.29, 0.717) is 51.1 Å². The lowest BCUT2D eigenvalue weighted by atomic mass is 9.88. The SMILES string of the molecule is COc1ccc(-c2nc(C(=O)[O-])c(C3=C4C=CC([NH+](C)C)C=C4Oc4cc(N(C)C)ccc43)nc2-c2ccc(OC)cc2)cc1. The number of carbonyl (C=O) groups excluding carboxylic acids is 1. The van der Waals surface area contributed by atoms with E-state index >= 15 is 0 Å². The van der Waals surface area contributed by atoms with Crippen molar-refractivity contribution in [3.05, 3.63) is 113 Å². The standard InChI is InChI=1S/C36H34N4O5/c1-39(2)23-11-17-27-29(19-23)45-30-20-24(40(3)4)12-18-28(30)31(27)34-35(36(41)42)38-33(22-9-15-26(44-6)16-10-22)32(37-34)21-7-13-25(43-5)14-8-21/h7-20,23H,1-6H3,(H,41,42). The van der Waals surface area contributed by atoms with Crippen LogP contribution in [-0.4, -0.2) is 64.4 Å². The number of likely N-dealkylation sites (N-methyl/N-ethyl adjacent to an activating group) is 1. The number of fused-ring (bicyclic) bond motifs is 2. The van der Waals surface area contributed by atoms with Gasteiger partial charge in [0.1, 0.15) is 40.4 Å². The summed E-state index contributed by atoms with van der Waals surface area (Å²) in [5, 5.41) is 12.9. The molecule has 2 heterocycles. The fraction of sp³-hybridized carbons (Fsp3) is 0.194. The normalized spacial score (nSPS) is 15.2. The van der Waals surface area contributed by atoms with E-state index in [1.54, 1.807) is 26.4 Å². The Morgan fingerprint density at radius 1 is 0.867 bits per heavy atom. The maximum Gasteiger partial charge on any atom is 0.137 e. The molecule has 4 aromatic rings. The van der Waals surface area contributed by atoms with E-state index in [2.05, 4.69) is 26.2 Å². The van der Waals surface area contributed by atoms with Crippen molar-refractivity contribution in [3.63, 3.8) is 0 Å². The van der Waals surface area contributed by atoms with Gasteiger partial charge in [-0.2, -0.15) is 0 Å². The molecule has 0 radical (unpaired) electrons. The van der Waals surface area contributed by atoms with Crippen LogP contribution in [0.3, 0.4) is 0 Å². The lowest BCUT2D eigenvalue weighted by molar-refractivity contribution is -0.871. The van der Waals surface area contributed by atoms with Gasteiger partial charge in [-0.25, -0.2) is 9.97 Å². The van der Waals surface area contributed by atoms with Crippen molar-refractivity contribution in [1.82, 2.24) is 9.97 Å². The number of benzene rings is 3. The van der Waals surface area contributed by atoms with Crippen molar-refractivity contribution < 1.29 is 29.0 Å². The van der Waals surface area contributed by atoms with Gasteiger partial charge in [-0.1, -0.05) is 0 Å². The number of quaternary nitrogens is 1. The summed E-state index contributed by atoms with van der Waals surface area (Å²) in [6.07, 6.45) is 6.12. The second-order valence-electron chi connectivity index (χ2n) is 11.3. The molecular formula is C36H34N4O5. The van der Waals surface area contributed by atoms with E-state index < -0.39 is 5.97 Å². The van der Waals surface area contributed by atoms with Gasteiger partial charge >= 0.3 is 0 Å². The Balaban J connectivity index is 1.66. The summed E-state index contributed by atoms with van der Waals surface area (Å²) in [5.41, 5.74) is 5.26. The topological polar surface area (TPSA) is 101 Å². The Morgan fingerprint density at radius 2 is 1.47 bits per heavy atom. The largest absolute Gasteiger partial charge is 0.543 e. The molecule has 6 rings (SSSR count). The number of hydrogen-bond donors (Lipinski definition) is 1. The molecular weight excluding hydrogens is 568 g/mol. The summed E-state index contributed by atoms with van der Waals surface area (Å²) < 4.78 is 17.2. The van der Waals surface area contributed by atoms with E-state index in [9.17, 15) is 9.90 Å². The highest BCUT2D eigenvalue weighted by atomic mass is 16.5. The number of hydrogen-bond acceptors (Lipinski definition) is 8. The van der Waals surface area contributed by atoms with E-state index in [4.69, 9.17) is 24.2 Å². The maximum absolute atomic E-state index is 12.9. The molecule has 1 unspecified atom stereocenters. The first kappa shape index (κ1) is 29.7. The van der Waals surface area contributed by atoms with Crippen LogP contribution in [0.25, 0.3) is 28.1 Å². The second-order valence-corrected chi connectivity index (χ2v) is 11.3. The minimum absolute atomic E-state index is 0.0718. The number of carboxylic acids is 1. The molecule has 0 saturated heterocycles. The number of carbonyl (C=O) groups is 1. The van der Waals surface area contributed by atoms with Crippen LogP contribution in [0.2, 0.25) is 0 Å². The smallest absolute Gasteiger partial charge is 0.137 e. The third-order valence-electron chi connectivity index (χ3n) is 8.03. The molecule has 1 aliphatic carbocycles. The van der Waals surface area contributed by atoms with Crippen molar-refractivity contribution in [2.75, 3.05) is 47.3 Å². The van der Waals surface area contributed by atoms with E-state index in [1.165, 1.54) is 4.90 Å². The number of allylic oxidation sites excluding steroid dienone is 1. The molecule has 0 saturated carbocycles. The monoisotopic (exact) mass is 602 g/mol. The zero-order valence-electron chi connectivity index (χ0n) is 26.0. The van der Waals surface area contributed by atoms with Crippen LogP contribution in [0.15, 0.2) is 96.3 Å². The summed E-state index contributed by atoms with van der Waals surface area (Å²) in [6.45, 7) is 0. The van der Waals surface area contributed by atoms with Crippen LogP contribution >= 0.6 is 0 Å². The first-order chi connectivity index (χ1) is 21.7. The van der Waals surface area contributed by atoms with Crippen LogP contribution in [-0.2, 0) is 0 Å². The molecule has 0 spiro atoms. The van der Waals surface area contributed by atoms with Gasteiger partial charge < -0.3 is 33.9 Å². The molecule has 1 aromatic heterocycles. The Kier molecular flexibility index (Phi) is 7.87. The highest BCUT2D eigenvalue weighted by Crippen LogP contribution is 2.45. The van der Waals surface area contributed by atoms with Gasteiger partial charge in [-0.15, -0.1) is 0 Å². The van der Waals surface area contributed by atoms with Gasteiger partial charge in [0.2, 0.25) is 0 Å². The molecule has 1 N–H and O–H groups in total. The molecule has 1 atom stereocenters. The minimum atomic E-state index is -1.43. The number of nitrogens with one attached hydrogen (secondary N) is 1. The molecule has 9 nitrogen and oxygen atoms in total. The minimum Gasteiger partial charge on any atom is -0.543 e. The first-order valence-corrected chi connectivity index (χ1v) is 14.6. The maximum atomic E-state index is 12.9. The van der Waals surface area contributed by atoms with Crippen LogP contribution in [0.1, 0.15) is 21.7 Å². The Hall–Kier alpha value is -5.41. The third-order valence-corrected chi connectivity index (χ3v) is 8.03. The number of carboxylic acid groups (broad SMARTS) is 1. The van der Waals surface area contributed by atoms with Crippen LogP contribution in [0.4, 0.5) is 5.69 Å². The van der Waals surface area contributed by atoms with Crippen molar-refractivity contribution in [2.45, 2.75) is 6.04 Å². The predicted molar refractivity (Wildman–Crippen MR) is 172 cm³/mol. The molecule has 1 aliphatic heterocycles. The zero-order valence-corrected chi connectivity index (χ0v) is 26.0. The van der Waals surface area contributed by atoms with Gasteiger partial charge in [-0.3, -0.25) is 0 Å². The molecule has 0 bridgehead atoms. The van der Waals surface area contributed by atoms with Crippen LogP contribution < -0.4 is 29.1 Å². The number of aromatic carboxylic acids is 1. The number of anilines is 1. The van der Waals surface area contributed by atoms with E-state index in [-0.39, 0.29) is 17.4 Å². The van der Waals surface area contributed by atoms with Gasteiger partial charge in [0.25, 0.3) is 0 Å². The van der Waals surface area contributed by atoms with Gasteiger partial charge in [0.05, 0.1) is 45.7 Å². The Labute approximate surface area is 262 Å². The van der Waals surface area contributed by atoms with Crippen LogP contribution in [0.5, 0.6) is 17.2 Å². The summed E-state index contributed by atoms with van der Waals surface area (Å²) in [5.74, 6) is 1.16.